The zero-order valence-corrected chi connectivity index (χ0v) is 13.1. The third-order valence-electron chi connectivity index (χ3n) is 3.32. The Bertz CT molecular complexity index is 873. The molecule has 2 rings (SSSR count). The summed E-state index contributed by atoms with van der Waals surface area (Å²) in [6.07, 6.45) is -6.10. The molecular formula is C14H15F3N2O3S. The van der Waals surface area contributed by atoms with Crippen LogP contribution in [0.15, 0.2) is 29.1 Å². The first-order chi connectivity index (χ1) is 10.6. The SMILES string of the molecule is Cn1c(=O)c(CS(=O)(=O)CCCC(F)(F)F)nc2ccccc21. The van der Waals surface area contributed by atoms with Crippen LogP contribution in [0.1, 0.15) is 18.5 Å². The molecule has 2 aromatic rings. The Labute approximate surface area is 130 Å². The Kier molecular flexibility index (Phi) is 4.79. The number of fused-ring (bicyclic) bond motifs is 1. The Morgan fingerprint density at radius 2 is 1.87 bits per heavy atom. The van der Waals surface area contributed by atoms with E-state index in [1.165, 1.54) is 11.6 Å². The van der Waals surface area contributed by atoms with Gasteiger partial charge in [-0.3, -0.25) is 4.79 Å². The van der Waals surface area contributed by atoms with Crippen LogP contribution in [0, 0.1) is 0 Å². The average Bonchev–Trinajstić information content (AvgIpc) is 2.42. The highest BCUT2D eigenvalue weighted by Crippen LogP contribution is 2.22. The minimum atomic E-state index is -4.40. The predicted molar refractivity (Wildman–Crippen MR) is 79.8 cm³/mol. The number of halogens is 3. The van der Waals surface area contributed by atoms with Crippen LogP contribution in [0.3, 0.4) is 0 Å². The van der Waals surface area contributed by atoms with Crippen LogP contribution in [0.25, 0.3) is 11.0 Å². The molecule has 0 saturated heterocycles. The van der Waals surface area contributed by atoms with Crippen LogP contribution in [-0.4, -0.2) is 29.9 Å². The number of hydrogen-bond acceptors (Lipinski definition) is 4. The molecule has 0 unspecified atom stereocenters. The molecule has 126 valence electrons. The fourth-order valence-electron chi connectivity index (χ4n) is 2.21. The van der Waals surface area contributed by atoms with Gasteiger partial charge in [0.1, 0.15) is 5.69 Å². The van der Waals surface area contributed by atoms with Crippen molar-refractivity contribution in [3.8, 4) is 0 Å². The van der Waals surface area contributed by atoms with Gasteiger partial charge in [0.25, 0.3) is 5.56 Å². The molecular weight excluding hydrogens is 333 g/mol. The lowest BCUT2D eigenvalue weighted by Gasteiger charge is -2.09. The van der Waals surface area contributed by atoms with Gasteiger partial charge in [-0.15, -0.1) is 0 Å². The summed E-state index contributed by atoms with van der Waals surface area (Å²) in [6.45, 7) is 0. The van der Waals surface area contributed by atoms with Gasteiger partial charge >= 0.3 is 6.18 Å². The molecule has 0 N–H and O–H groups in total. The lowest BCUT2D eigenvalue weighted by molar-refractivity contribution is -0.134. The fraction of sp³-hybridized carbons (Fsp3) is 0.429. The van der Waals surface area contributed by atoms with Gasteiger partial charge in [0.05, 0.1) is 22.5 Å². The topological polar surface area (TPSA) is 69.0 Å². The van der Waals surface area contributed by atoms with Crippen molar-refractivity contribution in [2.24, 2.45) is 7.05 Å². The Balaban J connectivity index is 2.24. The van der Waals surface area contributed by atoms with Crippen LogP contribution in [0.2, 0.25) is 0 Å². The van der Waals surface area contributed by atoms with Gasteiger partial charge < -0.3 is 4.57 Å². The van der Waals surface area contributed by atoms with Gasteiger partial charge in [-0.25, -0.2) is 13.4 Å². The number of hydrogen-bond donors (Lipinski definition) is 0. The molecule has 1 heterocycles. The van der Waals surface area contributed by atoms with Gasteiger partial charge in [-0.05, 0) is 18.6 Å². The highest BCUT2D eigenvalue weighted by Gasteiger charge is 2.28. The molecule has 0 saturated carbocycles. The minimum absolute atomic E-state index is 0.182. The minimum Gasteiger partial charge on any atom is -0.308 e. The summed E-state index contributed by atoms with van der Waals surface area (Å²) in [5, 5.41) is 0. The van der Waals surface area contributed by atoms with Crippen molar-refractivity contribution in [2.45, 2.75) is 24.8 Å². The van der Waals surface area contributed by atoms with Crippen LogP contribution in [0.5, 0.6) is 0 Å². The van der Waals surface area contributed by atoms with Gasteiger partial charge in [0.2, 0.25) is 0 Å². The molecule has 0 aliphatic rings. The summed E-state index contributed by atoms with van der Waals surface area (Å²) in [6, 6.07) is 6.72. The van der Waals surface area contributed by atoms with Crippen molar-refractivity contribution in [3.63, 3.8) is 0 Å². The molecule has 1 aromatic heterocycles. The summed E-state index contributed by atoms with van der Waals surface area (Å²) in [5.74, 6) is -1.30. The number of sulfone groups is 1. The van der Waals surface area contributed by atoms with Crippen LogP contribution in [0.4, 0.5) is 13.2 Å². The smallest absolute Gasteiger partial charge is 0.308 e. The van der Waals surface area contributed by atoms with Crippen molar-refractivity contribution in [1.29, 1.82) is 0 Å². The van der Waals surface area contributed by atoms with Crippen molar-refractivity contribution in [3.05, 3.63) is 40.3 Å². The van der Waals surface area contributed by atoms with Gasteiger partial charge in [-0.2, -0.15) is 13.2 Å². The maximum Gasteiger partial charge on any atom is 0.389 e. The number of para-hydroxylation sites is 2. The van der Waals surface area contributed by atoms with E-state index in [2.05, 4.69) is 4.98 Å². The first-order valence-corrected chi connectivity index (χ1v) is 8.63. The molecule has 0 spiro atoms. The summed E-state index contributed by atoms with van der Waals surface area (Å²) >= 11 is 0. The van der Waals surface area contributed by atoms with E-state index in [1.54, 1.807) is 24.3 Å². The zero-order valence-electron chi connectivity index (χ0n) is 12.3. The van der Waals surface area contributed by atoms with E-state index in [-0.39, 0.29) is 5.69 Å². The van der Waals surface area contributed by atoms with Crippen molar-refractivity contribution < 1.29 is 21.6 Å². The highest BCUT2D eigenvalue weighted by atomic mass is 32.2. The molecule has 9 heteroatoms. The summed E-state index contributed by atoms with van der Waals surface area (Å²) in [7, 11) is -2.35. The molecule has 0 radical (unpaired) electrons. The van der Waals surface area contributed by atoms with Crippen LogP contribution < -0.4 is 5.56 Å². The Morgan fingerprint density at radius 1 is 1.22 bits per heavy atom. The summed E-state index contributed by atoms with van der Waals surface area (Å²) in [5.41, 5.74) is 0.257. The molecule has 0 fully saturated rings. The average molecular weight is 348 g/mol. The first kappa shape index (κ1) is 17.5. The molecule has 0 atom stereocenters. The fourth-order valence-corrected chi connectivity index (χ4v) is 3.54. The van der Waals surface area contributed by atoms with Gasteiger partial charge in [-0.1, -0.05) is 12.1 Å². The summed E-state index contributed by atoms with van der Waals surface area (Å²) < 4.78 is 61.4. The van der Waals surface area contributed by atoms with E-state index in [1.807, 2.05) is 0 Å². The quantitative estimate of drug-likeness (QED) is 0.831. The van der Waals surface area contributed by atoms with Crippen molar-refractivity contribution in [1.82, 2.24) is 9.55 Å². The lowest BCUT2D eigenvalue weighted by Crippen LogP contribution is -2.26. The molecule has 0 bridgehead atoms. The number of nitrogens with zero attached hydrogens (tertiary/aromatic N) is 2. The van der Waals surface area contributed by atoms with E-state index in [9.17, 15) is 26.4 Å². The summed E-state index contributed by atoms with van der Waals surface area (Å²) in [4.78, 5) is 16.2. The van der Waals surface area contributed by atoms with Crippen molar-refractivity contribution >= 4 is 20.9 Å². The van der Waals surface area contributed by atoms with Crippen LogP contribution in [-0.2, 0) is 22.6 Å². The molecule has 0 amide bonds. The van der Waals surface area contributed by atoms with Crippen molar-refractivity contribution in [2.75, 3.05) is 5.75 Å². The predicted octanol–water partition coefficient (Wildman–Crippen LogP) is 2.19. The normalized spacial score (nSPS) is 12.7. The molecule has 0 aliphatic carbocycles. The van der Waals surface area contributed by atoms with Gasteiger partial charge in [0, 0.05) is 13.5 Å². The first-order valence-electron chi connectivity index (χ1n) is 6.81. The molecule has 0 aliphatic heterocycles. The number of rotatable bonds is 5. The second-order valence-electron chi connectivity index (χ2n) is 5.22. The van der Waals surface area contributed by atoms with E-state index in [4.69, 9.17) is 0 Å². The number of aromatic nitrogens is 2. The standard InChI is InChI=1S/C14H15F3N2O3S/c1-19-12-6-3-2-5-10(12)18-11(13(19)20)9-23(21,22)8-4-7-14(15,16)17/h2-3,5-6H,4,7-9H2,1H3. The third-order valence-corrected chi connectivity index (χ3v) is 4.95. The number of benzene rings is 1. The largest absolute Gasteiger partial charge is 0.389 e. The maximum absolute atomic E-state index is 12.1. The van der Waals surface area contributed by atoms with Crippen LogP contribution >= 0.6 is 0 Å². The molecule has 23 heavy (non-hydrogen) atoms. The van der Waals surface area contributed by atoms with E-state index in [0.717, 1.165) is 0 Å². The third kappa shape index (κ3) is 4.54. The second-order valence-corrected chi connectivity index (χ2v) is 7.41. The van der Waals surface area contributed by atoms with E-state index >= 15 is 0 Å². The number of alkyl halides is 3. The van der Waals surface area contributed by atoms with E-state index in [0.29, 0.717) is 11.0 Å². The maximum atomic E-state index is 12.1. The van der Waals surface area contributed by atoms with E-state index < -0.39 is 45.9 Å². The molecule has 1 aromatic carbocycles. The number of aryl methyl sites for hydroxylation is 1. The zero-order chi connectivity index (χ0) is 17.3. The Hall–Kier alpha value is -1.90. The Morgan fingerprint density at radius 3 is 2.52 bits per heavy atom. The highest BCUT2D eigenvalue weighted by molar-refractivity contribution is 7.90. The monoisotopic (exact) mass is 348 g/mol. The van der Waals surface area contributed by atoms with Gasteiger partial charge in [0.15, 0.2) is 9.84 Å². The molecule has 5 nitrogen and oxygen atoms in total. The lowest BCUT2D eigenvalue weighted by atomic mass is 10.3. The second kappa shape index (κ2) is 6.31.